The maximum atomic E-state index is 12.9. The van der Waals surface area contributed by atoms with Gasteiger partial charge in [0, 0.05) is 31.5 Å². The minimum atomic E-state index is -2.66. The number of carbonyl (C=O) groups excluding carboxylic acids is 2. The molecule has 0 fully saturated rings. The molecular weight excluding hydrogens is 378 g/mol. The summed E-state index contributed by atoms with van der Waals surface area (Å²) in [6.07, 6.45) is 11.4. The first-order chi connectivity index (χ1) is 13.6. The number of allylic oxidation sites excluding steroid dienone is 3. The van der Waals surface area contributed by atoms with Crippen molar-refractivity contribution in [1.29, 1.82) is 0 Å². The molecule has 2 aliphatic rings. The van der Waals surface area contributed by atoms with E-state index in [9.17, 15) is 18.4 Å². The molecule has 0 spiro atoms. The van der Waals surface area contributed by atoms with Gasteiger partial charge in [0.15, 0.2) is 0 Å². The molecule has 0 radical (unpaired) electrons. The summed E-state index contributed by atoms with van der Waals surface area (Å²) < 4.78 is 31.4. The molecule has 2 unspecified atom stereocenters. The van der Waals surface area contributed by atoms with Crippen molar-refractivity contribution in [2.45, 2.75) is 71.3 Å². The Morgan fingerprint density at radius 2 is 2.21 bits per heavy atom. The molecule has 1 aliphatic carbocycles. The maximum Gasteiger partial charge on any atom is 0.248 e. The minimum absolute atomic E-state index is 0.0656. The molecule has 2 amide bonds. The number of amides is 2. The van der Waals surface area contributed by atoms with E-state index < -0.39 is 5.92 Å². The molecule has 1 heterocycles. The Hall–Kier alpha value is -2.18. The van der Waals surface area contributed by atoms with Crippen LogP contribution in [0.25, 0.3) is 0 Å². The molecule has 0 saturated heterocycles. The topological polar surface area (TPSA) is 67.4 Å². The van der Waals surface area contributed by atoms with E-state index in [0.717, 1.165) is 38.4 Å². The van der Waals surface area contributed by atoms with Gasteiger partial charge >= 0.3 is 0 Å². The fraction of sp³-hybridized carbons (Fsp3) is 0.636. The number of rotatable bonds is 10. The van der Waals surface area contributed by atoms with E-state index >= 15 is 0 Å². The maximum absolute atomic E-state index is 12.9. The second kappa shape index (κ2) is 10.0. The number of ether oxygens (including phenoxy) is 1. The van der Waals surface area contributed by atoms with E-state index in [1.807, 2.05) is 12.2 Å². The van der Waals surface area contributed by atoms with Crippen LogP contribution >= 0.6 is 0 Å². The van der Waals surface area contributed by atoms with Crippen molar-refractivity contribution in [3.05, 3.63) is 35.6 Å². The summed E-state index contributed by atoms with van der Waals surface area (Å²) in [7, 11) is 0. The predicted octanol–water partition coefficient (Wildman–Crippen LogP) is 4.02. The number of carbonyl (C=O) groups is 2. The Morgan fingerprint density at radius 3 is 2.86 bits per heavy atom. The first-order valence-corrected chi connectivity index (χ1v) is 10.2. The Balaban J connectivity index is 1.80. The third kappa shape index (κ3) is 8.38. The van der Waals surface area contributed by atoms with E-state index in [1.165, 1.54) is 6.92 Å². The summed E-state index contributed by atoms with van der Waals surface area (Å²) in [6.45, 7) is 5.02. The largest absolute Gasteiger partial charge is 0.494 e. The lowest BCUT2D eigenvalue weighted by Gasteiger charge is -2.31. The van der Waals surface area contributed by atoms with Crippen LogP contribution in [-0.2, 0) is 14.3 Å². The van der Waals surface area contributed by atoms with Gasteiger partial charge in [-0.05, 0) is 56.6 Å². The molecule has 1 aliphatic heterocycles. The van der Waals surface area contributed by atoms with Crippen molar-refractivity contribution in [1.82, 2.24) is 10.6 Å². The SMILES string of the molecule is CC(=O)NCC1=CCC(CCC2(C)C=C(OCCCC(C)(F)F)C=CC2)NC1=O. The summed E-state index contributed by atoms with van der Waals surface area (Å²) in [4.78, 5) is 23.2. The van der Waals surface area contributed by atoms with Gasteiger partial charge in [-0.1, -0.05) is 19.1 Å². The van der Waals surface area contributed by atoms with Gasteiger partial charge in [-0.2, -0.15) is 0 Å². The van der Waals surface area contributed by atoms with Crippen molar-refractivity contribution >= 4 is 11.8 Å². The molecule has 2 rings (SSSR count). The lowest BCUT2D eigenvalue weighted by atomic mass is 9.78. The van der Waals surface area contributed by atoms with Crippen LogP contribution < -0.4 is 10.6 Å². The van der Waals surface area contributed by atoms with Gasteiger partial charge in [0.05, 0.1) is 6.61 Å². The first-order valence-electron chi connectivity index (χ1n) is 10.2. The normalized spacial score (nSPS) is 24.4. The van der Waals surface area contributed by atoms with Crippen molar-refractivity contribution in [2.75, 3.05) is 13.2 Å². The van der Waals surface area contributed by atoms with E-state index in [1.54, 1.807) is 0 Å². The number of hydrogen-bond donors (Lipinski definition) is 2. The van der Waals surface area contributed by atoms with Gasteiger partial charge in [0.2, 0.25) is 17.7 Å². The van der Waals surface area contributed by atoms with Crippen LogP contribution in [0.15, 0.2) is 35.6 Å². The van der Waals surface area contributed by atoms with Crippen molar-refractivity contribution in [3.63, 3.8) is 0 Å². The minimum Gasteiger partial charge on any atom is -0.494 e. The lowest BCUT2D eigenvalue weighted by molar-refractivity contribution is -0.119. The highest BCUT2D eigenvalue weighted by Gasteiger charge is 2.27. The molecule has 162 valence electrons. The van der Waals surface area contributed by atoms with Crippen LogP contribution in [0.1, 0.15) is 59.3 Å². The molecule has 29 heavy (non-hydrogen) atoms. The highest BCUT2D eigenvalue weighted by molar-refractivity contribution is 5.95. The average Bonchev–Trinajstić information content (AvgIpc) is 2.62. The second-order valence-electron chi connectivity index (χ2n) is 8.41. The average molecular weight is 411 g/mol. The molecule has 2 N–H and O–H groups in total. The summed E-state index contributed by atoms with van der Waals surface area (Å²) in [5.74, 6) is -2.22. The Kier molecular flexibility index (Phi) is 7.99. The molecule has 0 aromatic heterocycles. The van der Waals surface area contributed by atoms with Crippen LogP contribution in [0.4, 0.5) is 8.78 Å². The monoisotopic (exact) mass is 410 g/mol. The Bertz CT molecular complexity index is 695. The summed E-state index contributed by atoms with van der Waals surface area (Å²) in [5.41, 5.74) is 0.500. The zero-order chi connectivity index (χ0) is 21.5. The van der Waals surface area contributed by atoms with Crippen LogP contribution in [-0.4, -0.2) is 36.9 Å². The fourth-order valence-corrected chi connectivity index (χ4v) is 3.51. The van der Waals surface area contributed by atoms with Gasteiger partial charge in [-0.3, -0.25) is 9.59 Å². The molecular formula is C22H32F2N2O3. The highest BCUT2D eigenvalue weighted by Crippen LogP contribution is 2.36. The Labute approximate surface area is 171 Å². The van der Waals surface area contributed by atoms with Gasteiger partial charge in [0.1, 0.15) is 5.76 Å². The van der Waals surface area contributed by atoms with Crippen LogP contribution in [0.3, 0.4) is 0 Å². The molecule has 0 bridgehead atoms. The third-order valence-corrected chi connectivity index (χ3v) is 5.25. The van der Waals surface area contributed by atoms with Crippen molar-refractivity contribution < 1.29 is 23.1 Å². The predicted molar refractivity (Wildman–Crippen MR) is 108 cm³/mol. The zero-order valence-electron chi connectivity index (χ0n) is 17.5. The number of nitrogens with one attached hydrogen (secondary N) is 2. The standard InChI is InChI=1S/C22H32F2N2O3/c1-16(27)25-15-17-7-8-18(26-20(17)28)9-12-21(2)10-4-6-19(14-21)29-13-5-11-22(3,23)24/h4,6-7,14,18H,5,8-13,15H2,1-3H3,(H,25,27)(H,26,28). The van der Waals surface area contributed by atoms with Crippen LogP contribution in [0.2, 0.25) is 0 Å². The number of alkyl halides is 2. The van der Waals surface area contributed by atoms with Crippen molar-refractivity contribution in [2.24, 2.45) is 5.41 Å². The molecule has 0 aromatic carbocycles. The number of halogens is 2. The smallest absolute Gasteiger partial charge is 0.248 e. The molecule has 2 atom stereocenters. The quantitative estimate of drug-likeness (QED) is 0.535. The van der Waals surface area contributed by atoms with E-state index in [2.05, 4.69) is 29.7 Å². The van der Waals surface area contributed by atoms with Gasteiger partial charge in [0.25, 0.3) is 0 Å². The van der Waals surface area contributed by atoms with Gasteiger partial charge < -0.3 is 15.4 Å². The van der Waals surface area contributed by atoms with E-state index in [4.69, 9.17) is 4.74 Å². The van der Waals surface area contributed by atoms with E-state index in [-0.39, 0.29) is 42.8 Å². The number of hydrogen-bond acceptors (Lipinski definition) is 3. The zero-order valence-corrected chi connectivity index (χ0v) is 17.5. The first kappa shape index (κ1) is 23.1. The summed E-state index contributed by atoms with van der Waals surface area (Å²) in [6, 6.07) is 0.0656. The van der Waals surface area contributed by atoms with Gasteiger partial charge in [-0.25, -0.2) is 8.78 Å². The molecule has 5 nitrogen and oxygen atoms in total. The molecule has 0 aromatic rings. The van der Waals surface area contributed by atoms with Gasteiger partial charge in [-0.15, -0.1) is 0 Å². The Morgan fingerprint density at radius 1 is 1.45 bits per heavy atom. The van der Waals surface area contributed by atoms with Crippen molar-refractivity contribution in [3.8, 4) is 0 Å². The van der Waals surface area contributed by atoms with E-state index in [0.29, 0.717) is 12.0 Å². The second-order valence-corrected chi connectivity index (χ2v) is 8.41. The van der Waals surface area contributed by atoms with Crippen LogP contribution in [0.5, 0.6) is 0 Å². The molecule has 7 heteroatoms. The summed E-state index contributed by atoms with van der Waals surface area (Å²) >= 11 is 0. The third-order valence-electron chi connectivity index (χ3n) is 5.25. The lowest BCUT2D eigenvalue weighted by Crippen LogP contribution is -2.42. The fourth-order valence-electron chi connectivity index (χ4n) is 3.51. The molecule has 0 saturated carbocycles. The summed E-state index contributed by atoms with van der Waals surface area (Å²) in [5, 5.41) is 5.66. The van der Waals surface area contributed by atoms with Crippen LogP contribution in [0, 0.1) is 5.41 Å². The highest BCUT2D eigenvalue weighted by atomic mass is 19.3.